The van der Waals surface area contributed by atoms with Crippen LogP contribution in [-0.2, 0) is 4.79 Å². The fraction of sp³-hybridized carbons (Fsp3) is 0.417. The van der Waals surface area contributed by atoms with Crippen molar-refractivity contribution in [2.45, 2.75) is 13.0 Å². The Morgan fingerprint density at radius 2 is 2.21 bits per heavy atom. The molecule has 0 saturated carbocycles. The average molecular weight is 399 g/mol. The molecule has 1 saturated heterocycles. The second-order valence-corrected chi connectivity index (χ2v) is 5.78. The highest BCUT2D eigenvalue weighted by Gasteiger charge is 2.31. The molecule has 1 atom stereocenters. The molecule has 1 aliphatic rings. The Morgan fingerprint density at radius 1 is 1.47 bits per heavy atom. The van der Waals surface area contributed by atoms with E-state index >= 15 is 0 Å². The van der Waals surface area contributed by atoms with Crippen LogP contribution in [0.2, 0.25) is 0 Å². The molecule has 1 heterocycles. The number of anilines is 1. The third-order valence-electron chi connectivity index (χ3n) is 2.85. The Morgan fingerprint density at radius 3 is 2.79 bits per heavy atom. The highest BCUT2D eigenvalue weighted by Crippen LogP contribution is 2.36. The molecular formula is C12H11Br2F2NO2. The van der Waals surface area contributed by atoms with Gasteiger partial charge in [-0.25, -0.2) is 0 Å². The van der Waals surface area contributed by atoms with Crippen molar-refractivity contribution in [2.75, 3.05) is 16.8 Å². The van der Waals surface area contributed by atoms with Crippen LogP contribution in [0.1, 0.15) is 6.42 Å². The summed E-state index contributed by atoms with van der Waals surface area (Å²) in [7, 11) is 0. The van der Waals surface area contributed by atoms with Gasteiger partial charge in [-0.05, 0) is 24.1 Å². The summed E-state index contributed by atoms with van der Waals surface area (Å²) in [5.74, 6) is 0.120. The fourth-order valence-electron chi connectivity index (χ4n) is 2.02. The van der Waals surface area contributed by atoms with Gasteiger partial charge in [0.05, 0.1) is 5.69 Å². The second kappa shape index (κ2) is 6.17. The van der Waals surface area contributed by atoms with E-state index in [4.69, 9.17) is 0 Å². The molecule has 7 heteroatoms. The maximum absolute atomic E-state index is 12.4. The van der Waals surface area contributed by atoms with Gasteiger partial charge in [0.1, 0.15) is 0 Å². The summed E-state index contributed by atoms with van der Waals surface area (Å²) < 4.78 is 29.9. The second-order valence-electron chi connectivity index (χ2n) is 4.22. The van der Waals surface area contributed by atoms with Crippen molar-refractivity contribution in [2.24, 2.45) is 5.92 Å². The molecule has 1 fully saturated rings. The number of amides is 1. The molecule has 1 unspecified atom stereocenters. The van der Waals surface area contributed by atoms with Crippen molar-refractivity contribution < 1.29 is 18.3 Å². The van der Waals surface area contributed by atoms with Gasteiger partial charge in [-0.15, -0.1) is 0 Å². The molecule has 0 bridgehead atoms. The van der Waals surface area contributed by atoms with E-state index in [1.54, 1.807) is 12.1 Å². The third kappa shape index (κ3) is 3.45. The van der Waals surface area contributed by atoms with Gasteiger partial charge in [-0.3, -0.25) is 4.79 Å². The Hall–Kier alpha value is -0.690. The van der Waals surface area contributed by atoms with Crippen molar-refractivity contribution in [3.8, 4) is 5.75 Å². The van der Waals surface area contributed by atoms with Crippen LogP contribution in [0.3, 0.4) is 0 Å². The first kappa shape index (κ1) is 14.7. The maximum atomic E-state index is 12.4. The predicted molar refractivity (Wildman–Crippen MR) is 75.0 cm³/mol. The molecule has 0 aliphatic carbocycles. The molecule has 1 aliphatic heterocycles. The highest BCUT2D eigenvalue weighted by molar-refractivity contribution is 9.10. The van der Waals surface area contributed by atoms with E-state index in [1.807, 2.05) is 0 Å². The summed E-state index contributed by atoms with van der Waals surface area (Å²) in [6.45, 7) is -2.41. The molecule has 0 aromatic heterocycles. The minimum Gasteiger partial charge on any atom is -0.433 e. The number of nitrogens with zero attached hydrogens (tertiary/aromatic N) is 1. The lowest BCUT2D eigenvalue weighted by molar-refractivity contribution is -0.117. The molecule has 2 rings (SSSR count). The first-order valence-electron chi connectivity index (χ1n) is 5.62. The van der Waals surface area contributed by atoms with Gasteiger partial charge in [0, 0.05) is 22.8 Å². The molecule has 0 N–H and O–H groups in total. The summed E-state index contributed by atoms with van der Waals surface area (Å²) in [4.78, 5) is 13.4. The van der Waals surface area contributed by atoms with Crippen molar-refractivity contribution in [1.82, 2.24) is 0 Å². The van der Waals surface area contributed by atoms with Gasteiger partial charge in [-0.1, -0.05) is 31.9 Å². The van der Waals surface area contributed by atoms with E-state index in [0.29, 0.717) is 28.5 Å². The van der Waals surface area contributed by atoms with Crippen molar-refractivity contribution >= 4 is 43.5 Å². The smallest absolute Gasteiger partial charge is 0.387 e. The lowest BCUT2D eigenvalue weighted by atomic mass is 10.2. The van der Waals surface area contributed by atoms with Gasteiger partial charge in [0.15, 0.2) is 5.75 Å². The molecule has 1 aromatic rings. The van der Waals surface area contributed by atoms with Crippen molar-refractivity contribution in [1.29, 1.82) is 0 Å². The topological polar surface area (TPSA) is 29.5 Å². The lowest BCUT2D eigenvalue weighted by Crippen LogP contribution is -2.25. The number of ether oxygens (including phenoxy) is 1. The highest BCUT2D eigenvalue weighted by atomic mass is 79.9. The Bertz CT molecular complexity index is 485. The first-order chi connectivity index (χ1) is 9.01. The first-order valence-corrected chi connectivity index (χ1v) is 7.53. The SMILES string of the molecule is O=C1CC(CBr)CN1c1ccc(Br)cc1OC(F)F. The molecule has 1 aromatic carbocycles. The summed E-state index contributed by atoms with van der Waals surface area (Å²) in [6.07, 6.45) is 0.412. The largest absolute Gasteiger partial charge is 0.433 e. The van der Waals surface area contributed by atoms with Crippen LogP contribution in [0.5, 0.6) is 5.75 Å². The van der Waals surface area contributed by atoms with Crippen LogP contribution in [0.25, 0.3) is 0 Å². The van der Waals surface area contributed by atoms with Gasteiger partial charge in [0.2, 0.25) is 5.91 Å². The van der Waals surface area contributed by atoms with E-state index in [1.165, 1.54) is 11.0 Å². The minimum atomic E-state index is -2.92. The van der Waals surface area contributed by atoms with E-state index in [0.717, 1.165) is 0 Å². The van der Waals surface area contributed by atoms with E-state index in [-0.39, 0.29) is 17.6 Å². The zero-order valence-corrected chi connectivity index (χ0v) is 13.0. The van der Waals surface area contributed by atoms with E-state index in [2.05, 4.69) is 36.6 Å². The lowest BCUT2D eigenvalue weighted by Gasteiger charge is -2.20. The number of hydrogen-bond acceptors (Lipinski definition) is 2. The summed E-state index contributed by atoms with van der Waals surface area (Å²) >= 11 is 6.54. The summed E-state index contributed by atoms with van der Waals surface area (Å²) in [5.41, 5.74) is 0.386. The summed E-state index contributed by atoms with van der Waals surface area (Å²) in [6, 6.07) is 4.74. The van der Waals surface area contributed by atoms with E-state index in [9.17, 15) is 13.6 Å². The maximum Gasteiger partial charge on any atom is 0.387 e. The average Bonchev–Trinajstić information content (AvgIpc) is 2.70. The molecule has 3 nitrogen and oxygen atoms in total. The standard InChI is InChI=1S/C12H11Br2F2NO2/c13-5-7-3-11(18)17(6-7)9-2-1-8(14)4-10(9)19-12(15)16/h1-2,4,7,12H,3,5-6H2. The monoisotopic (exact) mass is 397 g/mol. The van der Waals surface area contributed by atoms with Gasteiger partial charge in [-0.2, -0.15) is 8.78 Å². The Kier molecular flexibility index (Phi) is 4.78. The molecule has 1 amide bonds. The van der Waals surface area contributed by atoms with Crippen LogP contribution in [-0.4, -0.2) is 24.4 Å². The van der Waals surface area contributed by atoms with Crippen LogP contribution in [0.15, 0.2) is 22.7 Å². The number of carbonyl (C=O) groups is 1. The van der Waals surface area contributed by atoms with Gasteiger partial charge >= 0.3 is 6.61 Å². The number of alkyl halides is 3. The molecule has 0 spiro atoms. The number of halogens is 4. The number of rotatable bonds is 4. The Balaban J connectivity index is 2.31. The van der Waals surface area contributed by atoms with Crippen LogP contribution >= 0.6 is 31.9 Å². The normalized spacial score (nSPS) is 19.3. The number of benzene rings is 1. The molecular weight excluding hydrogens is 388 g/mol. The predicted octanol–water partition coefficient (Wildman–Crippen LogP) is 3.80. The van der Waals surface area contributed by atoms with Gasteiger partial charge < -0.3 is 9.64 Å². The zero-order valence-electron chi connectivity index (χ0n) is 9.78. The summed E-state index contributed by atoms with van der Waals surface area (Å²) in [5, 5.41) is 0.705. The van der Waals surface area contributed by atoms with Crippen LogP contribution in [0.4, 0.5) is 14.5 Å². The Labute approximate surface area is 126 Å². The van der Waals surface area contributed by atoms with Crippen molar-refractivity contribution in [3.05, 3.63) is 22.7 Å². The van der Waals surface area contributed by atoms with Crippen LogP contribution in [0, 0.1) is 5.92 Å². The molecule has 0 radical (unpaired) electrons. The molecule has 104 valence electrons. The number of hydrogen-bond donors (Lipinski definition) is 0. The third-order valence-corrected chi connectivity index (χ3v) is 4.26. The fourth-order valence-corrected chi connectivity index (χ4v) is 2.79. The van der Waals surface area contributed by atoms with E-state index < -0.39 is 6.61 Å². The van der Waals surface area contributed by atoms with Crippen LogP contribution < -0.4 is 9.64 Å². The zero-order chi connectivity index (χ0) is 14.0. The quantitative estimate of drug-likeness (QED) is 0.722. The molecule has 19 heavy (non-hydrogen) atoms. The number of carbonyl (C=O) groups excluding carboxylic acids is 1. The minimum absolute atomic E-state index is 0.00736. The van der Waals surface area contributed by atoms with Crippen molar-refractivity contribution in [3.63, 3.8) is 0 Å². The van der Waals surface area contributed by atoms with Gasteiger partial charge in [0.25, 0.3) is 0 Å².